The van der Waals surface area contributed by atoms with Crippen molar-refractivity contribution in [1.29, 1.82) is 0 Å². The molecule has 0 atom stereocenters. The maximum absolute atomic E-state index is 2.52. The van der Waals surface area contributed by atoms with Crippen LogP contribution >= 0.6 is 0 Å². The highest BCUT2D eigenvalue weighted by atomic mass is 15.2. The van der Waals surface area contributed by atoms with E-state index in [1.165, 1.54) is 56.0 Å². The van der Waals surface area contributed by atoms with E-state index >= 15 is 0 Å². The Hall–Kier alpha value is -3.32. The second-order valence-corrected chi connectivity index (χ2v) is 10.4. The molecule has 4 aromatic rings. The molecule has 0 aromatic heterocycles. The molecule has 0 N–H and O–H groups in total. The lowest BCUT2D eigenvalue weighted by Gasteiger charge is -2.49. The minimum atomic E-state index is -0.0840. The van der Waals surface area contributed by atoms with Gasteiger partial charge in [-0.1, -0.05) is 100.0 Å². The average molecular weight is 416 g/mol. The Kier molecular flexibility index (Phi) is 3.85. The molecule has 0 saturated carbocycles. The Morgan fingerprint density at radius 3 is 1.88 bits per heavy atom. The van der Waals surface area contributed by atoms with E-state index in [1.807, 2.05) is 0 Å². The number of benzene rings is 4. The SMILES string of the molecule is Cc1cccc(-c2ccc3c(c2)C(C)(C)c2cccc4c2N3c2ccccc2C4(C)C)c1. The quantitative estimate of drug-likeness (QED) is 0.301. The zero-order valence-corrected chi connectivity index (χ0v) is 19.5. The molecule has 0 spiro atoms. The van der Waals surface area contributed by atoms with Gasteiger partial charge in [-0.2, -0.15) is 0 Å². The van der Waals surface area contributed by atoms with E-state index in [2.05, 4.69) is 124 Å². The van der Waals surface area contributed by atoms with Crippen molar-refractivity contribution in [1.82, 2.24) is 0 Å². The largest absolute Gasteiger partial charge is 0.309 e. The Balaban J connectivity index is 1.67. The van der Waals surface area contributed by atoms with Crippen molar-refractivity contribution in [2.24, 2.45) is 0 Å². The highest BCUT2D eigenvalue weighted by Crippen LogP contribution is 2.60. The van der Waals surface area contributed by atoms with Gasteiger partial charge in [0.25, 0.3) is 0 Å². The summed E-state index contributed by atoms with van der Waals surface area (Å²) in [5.74, 6) is 0. The van der Waals surface area contributed by atoms with E-state index in [4.69, 9.17) is 0 Å². The third-order valence-electron chi connectivity index (χ3n) is 7.69. The lowest BCUT2D eigenvalue weighted by atomic mass is 9.66. The number of aryl methyl sites for hydroxylation is 1. The second-order valence-electron chi connectivity index (χ2n) is 10.4. The first-order valence-electron chi connectivity index (χ1n) is 11.6. The fourth-order valence-electron chi connectivity index (χ4n) is 5.89. The van der Waals surface area contributed by atoms with Gasteiger partial charge in [0.15, 0.2) is 0 Å². The van der Waals surface area contributed by atoms with Crippen LogP contribution < -0.4 is 4.90 Å². The molecular formula is C31H29N. The van der Waals surface area contributed by atoms with Gasteiger partial charge in [-0.3, -0.25) is 0 Å². The van der Waals surface area contributed by atoms with E-state index in [9.17, 15) is 0 Å². The van der Waals surface area contributed by atoms with Crippen LogP contribution in [0.1, 0.15) is 55.5 Å². The maximum atomic E-state index is 2.52. The van der Waals surface area contributed by atoms with Gasteiger partial charge in [0, 0.05) is 10.8 Å². The standard InChI is InChI=1S/C31H29N/c1-20-10-8-11-21(18-20)22-16-17-28-26(19-22)31(4,5)25-14-9-13-24-29(25)32(28)27-15-7-6-12-23(27)30(24,2)3/h6-19H,1-5H3. The first-order chi connectivity index (χ1) is 15.3. The summed E-state index contributed by atoms with van der Waals surface area (Å²) < 4.78 is 0. The van der Waals surface area contributed by atoms with Gasteiger partial charge in [-0.05, 0) is 58.5 Å². The van der Waals surface area contributed by atoms with Gasteiger partial charge in [0.2, 0.25) is 0 Å². The van der Waals surface area contributed by atoms with Crippen molar-refractivity contribution in [2.45, 2.75) is 45.4 Å². The van der Waals surface area contributed by atoms with Crippen LogP contribution in [0.3, 0.4) is 0 Å². The molecule has 0 aliphatic carbocycles. The molecule has 2 aliphatic heterocycles. The fraction of sp³-hybridized carbons (Fsp3) is 0.226. The molecule has 6 rings (SSSR count). The second kappa shape index (κ2) is 6.36. The summed E-state index contributed by atoms with van der Waals surface area (Å²) in [6.07, 6.45) is 0. The van der Waals surface area contributed by atoms with Crippen molar-refractivity contribution >= 4 is 17.1 Å². The Morgan fingerprint density at radius 2 is 1.12 bits per heavy atom. The number of para-hydroxylation sites is 2. The predicted octanol–water partition coefficient (Wildman–Crippen LogP) is 8.41. The Bertz CT molecular complexity index is 1390. The van der Waals surface area contributed by atoms with Crippen molar-refractivity contribution in [2.75, 3.05) is 4.90 Å². The highest BCUT2D eigenvalue weighted by molar-refractivity contribution is 5.93. The van der Waals surface area contributed by atoms with Crippen LogP contribution in [0.15, 0.2) is 84.9 Å². The molecule has 0 bridgehead atoms. The number of hydrogen-bond donors (Lipinski definition) is 0. The van der Waals surface area contributed by atoms with Crippen LogP contribution in [0.25, 0.3) is 11.1 Å². The molecule has 2 aliphatic rings. The topological polar surface area (TPSA) is 3.24 Å². The van der Waals surface area contributed by atoms with Crippen molar-refractivity contribution < 1.29 is 0 Å². The minimum absolute atomic E-state index is 0.0342. The van der Waals surface area contributed by atoms with Crippen molar-refractivity contribution in [3.8, 4) is 11.1 Å². The summed E-state index contributed by atoms with van der Waals surface area (Å²) in [5, 5.41) is 0. The molecule has 0 amide bonds. The molecule has 0 fully saturated rings. The summed E-state index contributed by atoms with van der Waals surface area (Å²) in [6.45, 7) is 11.7. The molecule has 158 valence electrons. The molecule has 4 aromatic carbocycles. The summed E-state index contributed by atoms with van der Waals surface area (Å²) in [7, 11) is 0. The van der Waals surface area contributed by atoms with Crippen LogP contribution in [0.2, 0.25) is 0 Å². The fourth-order valence-corrected chi connectivity index (χ4v) is 5.89. The van der Waals surface area contributed by atoms with E-state index in [0.717, 1.165) is 0 Å². The average Bonchev–Trinajstić information content (AvgIpc) is 2.78. The molecule has 0 radical (unpaired) electrons. The number of rotatable bonds is 1. The number of fused-ring (bicyclic) bond motifs is 4. The first kappa shape index (κ1) is 19.4. The smallest absolute Gasteiger partial charge is 0.0543 e. The van der Waals surface area contributed by atoms with Gasteiger partial charge in [-0.15, -0.1) is 0 Å². The maximum Gasteiger partial charge on any atom is 0.0543 e. The van der Waals surface area contributed by atoms with Crippen LogP contribution in [-0.4, -0.2) is 0 Å². The number of anilines is 3. The zero-order valence-electron chi connectivity index (χ0n) is 19.5. The Morgan fingerprint density at radius 1 is 0.531 bits per heavy atom. The summed E-state index contributed by atoms with van der Waals surface area (Å²) in [6, 6.07) is 31.7. The van der Waals surface area contributed by atoms with Crippen LogP contribution in [0.5, 0.6) is 0 Å². The van der Waals surface area contributed by atoms with E-state index in [1.54, 1.807) is 0 Å². The highest BCUT2D eigenvalue weighted by Gasteiger charge is 2.45. The number of nitrogens with zero attached hydrogens (tertiary/aromatic N) is 1. The Labute approximate surface area is 191 Å². The lowest BCUT2D eigenvalue weighted by Crippen LogP contribution is -2.38. The summed E-state index contributed by atoms with van der Waals surface area (Å²) >= 11 is 0. The molecule has 0 saturated heterocycles. The minimum Gasteiger partial charge on any atom is -0.309 e. The summed E-state index contributed by atoms with van der Waals surface area (Å²) in [5.41, 5.74) is 13.3. The zero-order chi connectivity index (χ0) is 22.3. The van der Waals surface area contributed by atoms with Gasteiger partial charge in [0.1, 0.15) is 0 Å². The molecule has 1 heteroatoms. The number of hydrogen-bond acceptors (Lipinski definition) is 1. The van der Waals surface area contributed by atoms with E-state index in [0.29, 0.717) is 0 Å². The molecule has 2 heterocycles. The van der Waals surface area contributed by atoms with E-state index in [-0.39, 0.29) is 10.8 Å². The van der Waals surface area contributed by atoms with Gasteiger partial charge in [0.05, 0.1) is 17.1 Å². The van der Waals surface area contributed by atoms with Gasteiger partial charge < -0.3 is 4.90 Å². The molecule has 32 heavy (non-hydrogen) atoms. The van der Waals surface area contributed by atoms with Crippen molar-refractivity contribution in [3.63, 3.8) is 0 Å². The van der Waals surface area contributed by atoms with Gasteiger partial charge >= 0.3 is 0 Å². The molecule has 1 nitrogen and oxygen atoms in total. The first-order valence-corrected chi connectivity index (χ1v) is 11.6. The normalized spacial score (nSPS) is 16.7. The molecule has 0 unspecified atom stereocenters. The van der Waals surface area contributed by atoms with Gasteiger partial charge in [-0.25, -0.2) is 0 Å². The van der Waals surface area contributed by atoms with Crippen molar-refractivity contribution in [3.05, 3.63) is 113 Å². The van der Waals surface area contributed by atoms with Crippen LogP contribution in [0.4, 0.5) is 17.1 Å². The van der Waals surface area contributed by atoms with E-state index < -0.39 is 0 Å². The monoisotopic (exact) mass is 415 g/mol. The molecular weight excluding hydrogens is 386 g/mol. The lowest BCUT2D eigenvalue weighted by molar-refractivity contribution is 0.597. The third-order valence-corrected chi connectivity index (χ3v) is 7.69. The van der Waals surface area contributed by atoms with Crippen LogP contribution in [0, 0.1) is 6.92 Å². The predicted molar refractivity (Wildman–Crippen MR) is 136 cm³/mol. The summed E-state index contributed by atoms with van der Waals surface area (Å²) in [4.78, 5) is 2.52. The third kappa shape index (κ3) is 2.45. The van der Waals surface area contributed by atoms with Crippen LogP contribution in [-0.2, 0) is 10.8 Å².